The van der Waals surface area contributed by atoms with Crippen LogP contribution in [0.3, 0.4) is 0 Å². The van der Waals surface area contributed by atoms with Crippen LogP contribution in [0.2, 0.25) is 0 Å². The molecule has 2 aromatic carbocycles. The standard InChI is InChI=1S/C30H36N4O11S/c1-3-44-26(38)17-23(33-30(41)45-19-20-10-6-4-7-11-20)28(39)34-27(21-12-8-5-9-13-21)29(40)31-18-24(35)32-22(16-25(36)37)14-15-46(2,42)43/h4-15,22-23,27H,3,16-19H2,1-2H3,(H,31,40)(H,32,35)(H,33,41)(H,34,39)(H,36,37)/b15-14+/t22-,23+,27+/m1/s1. The molecule has 0 aromatic heterocycles. The number of hydrogen-bond donors (Lipinski definition) is 5. The van der Waals surface area contributed by atoms with Crippen LogP contribution in [0.25, 0.3) is 0 Å². The van der Waals surface area contributed by atoms with Crippen LogP contribution in [-0.2, 0) is 49.9 Å². The highest BCUT2D eigenvalue weighted by Gasteiger charge is 2.30. The fraction of sp³-hybridized carbons (Fsp3) is 0.333. The van der Waals surface area contributed by atoms with E-state index < -0.39 is 83.1 Å². The summed E-state index contributed by atoms with van der Waals surface area (Å²) in [5.41, 5.74) is 0.963. The van der Waals surface area contributed by atoms with Crippen molar-refractivity contribution in [2.45, 2.75) is 44.5 Å². The minimum absolute atomic E-state index is 0.0140. The Morgan fingerprint density at radius 2 is 1.48 bits per heavy atom. The van der Waals surface area contributed by atoms with Crippen molar-refractivity contribution >= 4 is 45.6 Å². The second-order valence-corrected chi connectivity index (χ2v) is 11.7. The Hall–Kier alpha value is -5.25. The summed E-state index contributed by atoms with van der Waals surface area (Å²) in [5, 5.41) is 19.3. The summed E-state index contributed by atoms with van der Waals surface area (Å²) in [6, 6.07) is 12.5. The molecule has 0 heterocycles. The Kier molecular flexibility index (Phi) is 14.9. The van der Waals surface area contributed by atoms with Gasteiger partial charge in [0.05, 0.1) is 32.0 Å². The number of benzene rings is 2. The smallest absolute Gasteiger partial charge is 0.408 e. The van der Waals surface area contributed by atoms with Crippen molar-refractivity contribution in [1.82, 2.24) is 21.3 Å². The lowest BCUT2D eigenvalue weighted by Gasteiger charge is -2.23. The average Bonchev–Trinajstić information content (AvgIpc) is 3.00. The Labute approximate surface area is 265 Å². The SMILES string of the molecule is CCOC(=O)C[C@H](NC(=O)OCc1ccccc1)C(=O)N[C@H](C(=O)NCC(=O)N[C@H](/C=C/S(C)(=O)=O)CC(=O)O)c1ccccc1. The van der Waals surface area contributed by atoms with Crippen molar-refractivity contribution in [3.05, 3.63) is 83.3 Å². The zero-order valence-electron chi connectivity index (χ0n) is 25.1. The Bertz CT molecular complexity index is 1500. The minimum atomic E-state index is -3.61. The van der Waals surface area contributed by atoms with E-state index in [2.05, 4.69) is 21.3 Å². The van der Waals surface area contributed by atoms with Gasteiger partial charge in [0, 0.05) is 11.7 Å². The number of sulfone groups is 1. The van der Waals surface area contributed by atoms with Gasteiger partial charge in [0.2, 0.25) is 17.7 Å². The van der Waals surface area contributed by atoms with Crippen molar-refractivity contribution in [3.8, 4) is 0 Å². The first kappa shape index (κ1) is 36.9. The maximum Gasteiger partial charge on any atom is 0.408 e. The van der Waals surface area contributed by atoms with Crippen LogP contribution < -0.4 is 21.3 Å². The molecule has 15 nitrogen and oxygen atoms in total. The van der Waals surface area contributed by atoms with Gasteiger partial charge in [-0.1, -0.05) is 66.7 Å². The van der Waals surface area contributed by atoms with E-state index in [1.54, 1.807) is 55.5 Å². The minimum Gasteiger partial charge on any atom is -0.481 e. The lowest BCUT2D eigenvalue weighted by atomic mass is 10.0. The molecule has 46 heavy (non-hydrogen) atoms. The Morgan fingerprint density at radius 3 is 2.07 bits per heavy atom. The van der Waals surface area contributed by atoms with Crippen LogP contribution in [0, 0.1) is 0 Å². The van der Waals surface area contributed by atoms with Crippen molar-refractivity contribution in [3.63, 3.8) is 0 Å². The van der Waals surface area contributed by atoms with Gasteiger partial charge >= 0.3 is 18.0 Å². The number of ether oxygens (including phenoxy) is 2. The third kappa shape index (κ3) is 14.5. The van der Waals surface area contributed by atoms with Crippen LogP contribution in [0.5, 0.6) is 0 Å². The van der Waals surface area contributed by atoms with Gasteiger partial charge in [0.15, 0.2) is 9.84 Å². The van der Waals surface area contributed by atoms with Gasteiger partial charge in [-0.15, -0.1) is 0 Å². The van der Waals surface area contributed by atoms with E-state index in [9.17, 15) is 37.2 Å². The maximum absolute atomic E-state index is 13.4. The van der Waals surface area contributed by atoms with Gasteiger partial charge in [0.1, 0.15) is 18.7 Å². The first-order valence-corrected chi connectivity index (χ1v) is 15.9. The van der Waals surface area contributed by atoms with Crippen LogP contribution in [0.4, 0.5) is 4.79 Å². The van der Waals surface area contributed by atoms with Crippen LogP contribution in [-0.4, -0.2) is 80.8 Å². The summed E-state index contributed by atoms with van der Waals surface area (Å²) >= 11 is 0. The third-order valence-corrected chi connectivity index (χ3v) is 6.55. The summed E-state index contributed by atoms with van der Waals surface area (Å²) in [6.45, 7) is 0.790. The monoisotopic (exact) mass is 660 g/mol. The van der Waals surface area contributed by atoms with E-state index in [4.69, 9.17) is 14.6 Å². The molecule has 2 rings (SSSR count). The van der Waals surface area contributed by atoms with Crippen LogP contribution in [0.15, 0.2) is 72.1 Å². The highest BCUT2D eigenvalue weighted by molar-refractivity contribution is 7.93. The van der Waals surface area contributed by atoms with Crippen molar-refractivity contribution in [1.29, 1.82) is 0 Å². The summed E-state index contributed by atoms with van der Waals surface area (Å²) in [6.07, 6.45) is -0.333. The molecule has 0 radical (unpaired) electrons. The predicted molar refractivity (Wildman–Crippen MR) is 163 cm³/mol. The van der Waals surface area contributed by atoms with E-state index >= 15 is 0 Å². The van der Waals surface area contributed by atoms with Gasteiger partial charge in [-0.2, -0.15) is 0 Å². The van der Waals surface area contributed by atoms with Gasteiger partial charge in [-0.3, -0.25) is 24.0 Å². The number of nitrogens with one attached hydrogen (secondary N) is 4. The molecule has 2 aromatic rings. The first-order chi connectivity index (χ1) is 21.8. The number of hydrogen-bond acceptors (Lipinski definition) is 10. The summed E-state index contributed by atoms with van der Waals surface area (Å²) in [7, 11) is -3.61. The van der Waals surface area contributed by atoms with Crippen molar-refractivity contribution in [2.75, 3.05) is 19.4 Å². The molecular formula is C30H36N4O11S. The van der Waals surface area contributed by atoms with Crippen LogP contribution in [0.1, 0.15) is 36.9 Å². The van der Waals surface area contributed by atoms with E-state index in [1.807, 2.05) is 0 Å². The lowest BCUT2D eigenvalue weighted by Crippen LogP contribution is -2.52. The zero-order valence-corrected chi connectivity index (χ0v) is 26.0. The molecule has 0 aliphatic rings. The Balaban J connectivity index is 2.16. The molecule has 0 aliphatic carbocycles. The molecule has 3 atom stereocenters. The molecule has 0 spiro atoms. The number of carbonyl (C=O) groups excluding carboxylic acids is 5. The molecule has 0 fully saturated rings. The predicted octanol–water partition coefficient (Wildman–Crippen LogP) is 0.726. The molecule has 0 saturated heterocycles. The molecule has 0 saturated carbocycles. The molecule has 0 aliphatic heterocycles. The molecule has 4 amide bonds. The average molecular weight is 661 g/mol. The number of alkyl carbamates (subject to hydrolysis) is 1. The number of amides is 4. The van der Waals surface area contributed by atoms with Gasteiger partial charge in [-0.25, -0.2) is 13.2 Å². The number of carboxylic acids is 1. The number of rotatable bonds is 17. The number of carbonyl (C=O) groups is 6. The van der Waals surface area contributed by atoms with Crippen molar-refractivity contribution in [2.24, 2.45) is 0 Å². The van der Waals surface area contributed by atoms with E-state index in [0.717, 1.165) is 17.7 Å². The second-order valence-electron chi connectivity index (χ2n) is 9.77. The van der Waals surface area contributed by atoms with Crippen molar-refractivity contribution < 1.29 is 51.8 Å². The summed E-state index contributed by atoms with van der Waals surface area (Å²) in [5.74, 6) is -4.76. The molecular weight excluding hydrogens is 624 g/mol. The topological polar surface area (TPSA) is 223 Å². The fourth-order valence-electron chi connectivity index (χ4n) is 3.81. The highest BCUT2D eigenvalue weighted by atomic mass is 32.2. The molecule has 248 valence electrons. The first-order valence-electron chi connectivity index (χ1n) is 13.9. The lowest BCUT2D eigenvalue weighted by molar-refractivity contribution is -0.145. The number of carboxylic acid groups (broad SMARTS) is 1. The maximum atomic E-state index is 13.4. The molecule has 5 N–H and O–H groups in total. The van der Waals surface area contributed by atoms with E-state index in [1.165, 1.54) is 12.1 Å². The third-order valence-electron chi connectivity index (χ3n) is 5.90. The van der Waals surface area contributed by atoms with E-state index in [-0.39, 0.29) is 18.8 Å². The summed E-state index contributed by atoms with van der Waals surface area (Å²) in [4.78, 5) is 75.0. The van der Waals surface area contributed by atoms with Gasteiger partial charge in [-0.05, 0) is 18.1 Å². The van der Waals surface area contributed by atoms with E-state index in [0.29, 0.717) is 5.56 Å². The Morgan fingerprint density at radius 1 is 0.848 bits per heavy atom. The zero-order chi connectivity index (χ0) is 34.1. The van der Waals surface area contributed by atoms with Gasteiger partial charge in [0.25, 0.3) is 0 Å². The quantitative estimate of drug-likeness (QED) is 0.149. The number of aliphatic carboxylic acids is 1. The molecule has 16 heteroatoms. The molecule has 0 unspecified atom stereocenters. The number of esters is 1. The molecule has 0 bridgehead atoms. The normalized spacial score (nSPS) is 13.0. The highest BCUT2D eigenvalue weighted by Crippen LogP contribution is 2.14. The second kappa shape index (κ2) is 18.5. The summed E-state index contributed by atoms with van der Waals surface area (Å²) < 4.78 is 32.9. The van der Waals surface area contributed by atoms with Crippen LogP contribution >= 0.6 is 0 Å². The largest absolute Gasteiger partial charge is 0.481 e. The van der Waals surface area contributed by atoms with Gasteiger partial charge < -0.3 is 35.8 Å². The fourth-order valence-corrected chi connectivity index (χ4v) is 4.29.